The summed E-state index contributed by atoms with van der Waals surface area (Å²) in [5.74, 6) is -0.547. The van der Waals surface area contributed by atoms with Crippen LogP contribution in [0.15, 0.2) is 12.3 Å². The van der Waals surface area contributed by atoms with Crippen molar-refractivity contribution >= 4 is 17.8 Å². The summed E-state index contributed by atoms with van der Waals surface area (Å²) in [6, 6.07) is 1.25. The predicted molar refractivity (Wildman–Crippen MR) is 68.8 cm³/mol. The Morgan fingerprint density at radius 3 is 2.79 bits per heavy atom. The average molecular weight is 266 g/mol. The second kappa shape index (κ2) is 4.91. The number of nitrogens with zero attached hydrogens (tertiary/aromatic N) is 3. The highest BCUT2D eigenvalue weighted by Gasteiger charge is 2.44. The normalized spacial score (nSPS) is 23.2. The number of anilines is 1. The number of nitrogens with one attached hydrogen (secondary N) is 1. The highest BCUT2D eigenvalue weighted by Crippen LogP contribution is 2.28. The van der Waals surface area contributed by atoms with E-state index in [1.54, 1.807) is 30.9 Å². The molecule has 1 atom stereocenters. The molecule has 2 rings (SSSR count). The topological polar surface area (TPSA) is 87.5 Å². The van der Waals surface area contributed by atoms with Crippen molar-refractivity contribution in [2.75, 3.05) is 11.9 Å². The zero-order valence-electron chi connectivity index (χ0n) is 11.1. The van der Waals surface area contributed by atoms with E-state index in [-0.39, 0.29) is 0 Å². The maximum atomic E-state index is 12.2. The van der Waals surface area contributed by atoms with Gasteiger partial charge in [0.25, 0.3) is 0 Å². The molecule has 1 aromatic rings. The fourth-order valence-corrected chi connectivity index (χ4v) is 2.33. The van der Waals surface area contributed by atoms with Gasteiger partial charge in [-0.2, -0.15) is 5.10 Å². The summed E-state index contributed by atoms with van der Waals surface area (Å²) in [7, 11) is 1.75. The van der Waals surface area contributed by atoms with Crippen LogP contribution in [0.5, 0.6) is 0 Å². The van der Waals surface area contributed by atoms with Crippen LogP contribution in [0.1, 0.15) is 26.2 Å². The summed E-state index contributed by atoms with van der Waals surface area (Å²) < 4.78 is 1.57. The van der Waals surface area contributed by atoms with E-state index in [2.05, 4.69) is 10.4 Å². The predicted octanol–water partition coefficient (Wildman–Crippen LogP) is 1.28. The van der Waals surface area contributed by atoms with Crippen molar-refractivity contribution in [1.82, 2.24) is 14.7 Å². The Balaban J connectivity index is 2.14. The third-order valence-corrected chi connectivity index (χ3v) is 3.55. The number of carbonyl (C=O) groups is 2. The van der Waals surface area contributed by atoms with E-state index in [0.29, 0.717) is 18.8 Å². The van der Waals surface area contributed by atoms with Crippen molar-refractivity contribution in [2.45, 2.75) is 31.7 Å². The first kappa shape index (κ1) is 13.4. The van der Waals surface area contributed by atoms with Crippen LogP contribution in [0.2, 0.25) is 0 Å². The molecule has 2 heterocycles. The Morgan fingerprint density at radius 2 is 2.21 bits per heavy atom. The molecular weight excluding hydrogens is 248 g/mol. The molecule has 1 aliphatic rings. The van der Waals surface area contributed by atoms with E-state index >= 15 is 0 Å². The molecule has 0 bridgehead atoms. The molecule has 1 fully saturated rings. The first-order chi connectivity index (χ1) is 8.93. The van der Waals surface area contributed by atoms with Crippen LogP contribution < -0.4 is 5.32 Å². The quantitative estimate of drug-likeness (QED) is 0.844. The van der Waals surface area contributed by atoms with Crippen LogP contribution in [-0.2, 0) is 11.8 Å². The highest BCUT2D eigenvalue weighted by molar-refractivity contribution is 5.93. The lowest BCUT2D eigenvalue weighted by Crippen LogP contribution is -2.58. The molecule has 2 amide bonds. The van der Waals surface area contributed by atoms with Crippen molar-refractivity contribution in [3.05, 3.63) is 12.3 Å². The first-order valence-corrected chi connectivity index (χ1v) is 6.25. The summed E-state index contributed by atoms with van der Waals surface area (Å²) in [6.45, 7) is 2.04. The van der Waals surface area contributed by atoms with E-state index < -0.39 is 17.5 Å². The zero-order chi connectivity index (χ0) is 14.0. The van der Waals surface area contributed by atoms with Gasteiger partial charge in [-0.3, -0.25) is 10.00 Å². The van der Waals surface area contributed by atoms with Gasteiger partial charge in [0.2, 0.25) is 0 Å². The standard InChI is InChI=1S/C12H18N4O3/c1-12(10(17)18)6-3-4-7-16(12)11(19)13-9-5-8-15(2)14-9/h5,8H,3-4,6-7H2,1-2H3,(H,17,18)(H,13,14,19). The van der Waals surface area contributed by atoms with E-state index in [1.165, 1.54) is 4.90 Å². The number of aliphatic carboxylic acids is 1. The van der Waals surface area contributed by atoms with Gasteiger partial charge < -0.3 is 10.0 Å². The van der Waals surface area contributed by atoms with Gasteiger partial charge in [-0.15, -0.1) is 0 Å². The lowest BCUT2D eigenvalue weighted by molar-refractivity contribution is -0.150. The van der Waals surface area contributed by atoms with Crippen molar-refractivity contribution in [3.63, 3.8) is 0 Å². The number of amides is 2. The Hall–Kier alpha value is -2.05. The highest BCUT2D eigenvalue weighted by atomic mass is 16.4. The maximum Gasteiger partial charge on any atom is 0.329 e. The van der Waals surface area contributed by atoms with Crippen LogP contribution in [0, 0.1) is 0 Å². The largest absolute Gasteiger partial charge is 0.480 e. The molecule has 1 unspecified atom stereocenters. The van der Waals surface area contributed by atoms with Gasteiger partial charge in [-0.1, -0.05) is 0 Å². The van der Waals surface area contributed by atoms with Gasteiger partial charge in [0.05, 0.1) is 0 Å². The number of hydrogen-bond donors (Lipinski definition) is 2. The van der Waals surface area contributed by atoms with Crippen LogP contribution in [0.3, 0.4) is 0 Å². The van der Waals surface area contributed by atoms with Crippen molar-refractivity contribution < 1.29 is 14.7 Å². The molecule has 0 aliphatic carbocycles. The lowest BCUT2D eigenvalue weighted by Gasteiger charge is -2.41. The van der Waals surface area contributed by atoms with Gasteiger partial charge >= 0.3 is 12.0 Å². The van der Waals surface area contributed by atoms with Crippen LogP contribution >= 0.6 is 0 Å². The van der Waals surface area contributed by atoms with E-state index in [9.17, 15) is 14.7 Å². The van der Waals surface area contributed by atoms with Gasteiger partial charge in [0, 0.05) is 25.9 Å². The minimum absolute atomic E-state index is 0.414. The number of carboxylic acids is 1. The molecule has 1 saturated heterocycles. The molecule has 19 heavy (non-hydrogen) atoms. The average Bonchev–Trinajstić information content (AvgIpc) is 2.75. The molecule has 0 aromatic carbocycles. The Kier molecular flexibility index (Phi) is 3.46. The summed E-state index contributed by atoms with van der Waals surface area (Å²) in [5, 5.41) is 16.0. The van der Waals surface area contributed by atoms with Crippen LogP contribution in [-0.4, -0.2) is 43.9 Å². The van der Waals surface area contributed by atoms with Gasteiger partial charge in [-0.05, 0) is 26.2 Å². The first-order valence-electron chi connectivity index (χ1n) is 6.25. The number of aromatic nitrogens is 2. The molecule has 7 nitrogen and oxygen atoms in total. The van der Waals surface area contributed by atoms with E-state index in [0.717, 1.165) is 12.8 Å². The minimum atomic E-state index is -1.14. The zero-order valence-corrected chi connectivity index (χ0v) is 11.1. The molecule has 0 radical (unpaired) electrons. The van der Waals surface area contributed by atoms with E-state index in [1.807, 2.05) is 0 Å². The summed E-state index contributed by atoms with van der Waals surface area (Å²) >= 11 is 0. The molecular formula is C12H18N4O3. The minimum Gasteiger partial charge on any atom is -0.480 e. The number of rotatable bonds is 2. The number of carbonyl (C=O) groups excluding carboxylic acids is 1. The number of piperidine rings is 1. The van der Waals surface area contributed by atoms with Crippen LogP contribution in [0.25, 0.3) is 0 Å². The molecule has 1 aromatic heterocycles. The summed E-state index contributed by atoms with van der Waals surface area (Å²) in [6.07, 6.45) is 3.81. The number of urea groups is 1. The van der Waals surface area contributed by atoms with E-state index in [4.69, 9.17) is 0 Å². The fourth-order valence-electron chi connectivity index (χ4n) is 2.33. The Morgan fingerprint density at radius 1 is 1.47 bits per heavy atom. The molecule has 2 N–H and O–H groups in total. The van der Waals surface area contributed by atoms with Gasteiger partial charge in [0.15, 0.2) is 5.82 Å². The molecule has 104 valence electrons. The second-order valence-electron chi connectivity index (χ2n) is 4.99. The second-order valence-corrected chi connectivity index (χ2v) is 4.99. The number of aryl methyl sites for hydroxylation is 1. The SMILES string of the molecule is Cn1ccc(NC(=O)N2CCCCC2(C)C(=O)O)n1. The third kappa shape index (κ3) is 2.54. The van der Waals surface area contributed by atoms with Crippen LogP contribution in [0.4, 0.5) is 10.6 Å². The number of hydrogen-bond acceptors (Lipinski definition) is 3. The molecule has 0 spiro atoms. The van der Waals surface area contributed by atoms with Gasteiger partial charge in [-0.25, -0.2) is 9.59 Å². The molecule has 0 saturated carbocycles. The summed E-state index contributed by atoms with van der Waals surface area (Å²) in [4.78, 5) is 25.0. The Bertz CT molecular complexity index is 499. The smallest absolute Gasteiger partial charge is 0.329 e. The van der Waals surface area contributed by atoms with Gasteiger partial charge in [0.1, 0.15) is 5.54 Å². The number of carboxylic acid groups (broad SMARTS) is 1. The third-order valence-electron chi connectivity index (χ3n) is 3.55. The Labute approximate surface area is 111 Å². The number of likely N-dealkylation sites (tertiary alicyclic amines) is 1. The van der Waals surface area contributed by atoms with Crippen molar-refractivity contribution in [2.24, 2.45) is 7.05 Å². The molecule has 1 aliphatic heterocycles. The lowest BCUT2D eigenvalue weighted by atomic mass is 9.89. The van der Waals surface area contributed by atoms with Crippen molar-refractivity contribution in [3.8, 4) is 0 Å². The molecule has 7 heteroatoms. The summed E-state index contributed by atoms with van der Waals surface area (Å²) in [5.41, 5.74) is -1.14. The monoisotopic (exact) mass is 266 g/mol. The fraction of sp³-hybridized carbons (Fsp3) is 0.583. The maximum absolute atomic E-state index is 12.2. The van der Waals surface area contributed by atoms with Crippen molar-refractivity contribution in [1.29, 1.82) is 0 Å².